The number of benzene rings is 2. The van der Waals surface area contributed by atoms with E-state index in [-0.39, 0.29) is 0 Å². The average Bonchev–Trinajstić information content (AvgIpc) is 2.46. The minimum absolute atomic E-state index is 0.406. The summed E-state index contributed by atoms with van der Waals surface area (Å²) >= 11 is 0.406. The molecule has 0 amide bonds. The van der Waals surface area contributed by atoms with E-state index >= 15 is 0 Å². The van der Waals surface area contributed by atoms with Crippen molar-refractivity contribution in [1.82, 2.24) is 0 Å². The molecule has 1 atom stereocenters. The predicted octanol–water partition coefficient (Wildman–Crippen LogP) is 3.93. The van der Waals surface area contributed by atoms with Crippen LogP contribution in [0.1, 0.15) is 5.56 Å². The van der Waals surface area contributed by atoms with E-state index in [0.29, 0.717) is 19.8 Å². The summed E-state index contributed by atoms with van der Waals surface area (Å²) in [5, 5.41) is 0. The molecule has 0 fully saturated rings. The molecule has 2 heteroatoms. The van der Waals surface area contributed by atoms with Crippen molar-refractivity contribution >= 4 is 27.5 Å². The fourth-order valence-corrected chi connectivity index (χ4v) is 4.93. The van der Waals surface area contributed by atoms with E-state index in [0.717, 1.165) is 6.42 Å². The standard InChI is InChI=1S/C19H22SeSi/c1-21(2,3)15-14-19(16-17-10-6-4-7-11-17)20-18-12-8-5-9-13-18/h4-13,19H,16H2,1-3H3. The molecule has 21 heavy (non-hydrogen) atoms. The number of rotatable bonds is 4. The molecule has 0 aliphatic rings. The van der Waals surface area contributed by atoms with Crippen LogP contribution in [0.3, 0.4) is 0 Å². The molecule has 108 valence electrons. The van der Waals surface area contributed by atoms with Gasteiger partial charge in [-0.2, -0.15) is 0 Å². The molecule has 0 aliphatic heterocycles. The Morgan fingerprint density at radius 1 is 0.905 bits per heavy atom. The Hall–Kier alpha value is -1.26. The first-order valence-corrected chi connectivity index (χ1v) is 12.7. The zero-order valence-electron chi connectivity index (χ0n) is 13.0. The molecule has 0 heterocycles. The maximum atomic E-state index is 3.60. The Balaban J connectivity index is 2.15. The van der Waals surface area contributed by atoms with Crippen molar-refractivity contribution in [1.29, 1.82) is 0 Å². The van der Waals surface area contributed by atoms with Crippen LogP contribution in [0.15, 0.2) is 60.7 Å². The molecular weight excluding hydrogens is 335 g/mol. The molecule has 2 aromatic carbocycles. The van der Waals surface area contributed by atoms with E-state index < -0.39 is 8.07 Å². The van der Waals surface area contributed by atoms with Crippen molar-refractivity contribution in [2.75, 3.05) is 0 Å². The van der Waals surface area contributed by atoms with E-state index in [1.807, 2.05) is 0 Å². The van der Waals surface area contributed by atoms with Gasteiger partial charge in [-0.1, -0.05) is 0 Å². The van der Waals surface area contributed by atoms with Crippen LogP contribution in [0.2, 0.25) is 24.5 Å². The summed E-state index contributed by atoms with van der Waals surface area (Å²) in [6, 6.07) is 21.5. The molecule has 0 spiro atoms. The van der Waals surface area contributed by atoms with E-state index in [2.05, 4.69) is 91.8 Å². The predicted molar refractivity (Wildman–Crippen MR) is 96.8 cm³/mol. The minimum atomic E-state index is -1.31. The maximum absolute atomic E-state index is 3.60. The molecule has 2 aromatic rings. The summed E-state index contributed by atoms with van der Waals surface area (Å²) in [5.74, 6) is 3.60. The average molecular weight is 357 g/mol. The SMILES string of the molecule is C[Si](C)(C)C#CC(Cc1ccccc1)[Se]c1ccccc1. The molecule has 0 bridgehead atoms. The Kier molecular flexibility index (Phi) is 5.88. The van der Waals surface area contributed by atoms with Gasteiger partial charge < -0.3 is 0 Å². The van der Waals surface area contributed by atoms with Gasteiger partial charge in [0.05, 0.1) is 0 Å². The first kappa shape index (κ1) is 16.1. The summed E-state index contributed by atoms with van der Waals surface area (Å²) in [7, 11) is -1.31. The van der Waals surface area contributed by atoms with Crippen molar-refractivity contribution < 1.29 is 0 Å². The van der Waals surface area contributed by atoms with Crippen molar-refractivity contribution in [2.24, 2.45) is 0 Å². The van der Waals surface area contributed by atoms with Gasteiger partial charge in [0.2, 0.25) is 0 Å². The summed E-state index contributed by atoms with van der Waals surface area (Å²) in [6.07, 6.45) is 1.06. The van der Waals surface area contributed by atoms with Crippen LogP contribution in [0.5, 0.6) is 0 Å². The molecule has 2 rings (SSSR count). The molecule has 0 nitrogen and oxygen atoms in total. The Labute approximate surface area is 136 Å². The number of hydrogen-bond acceptors (Lipinski definition) is 0. The normalized spacial score (nSPS) is 12.3. The number of hydrogen-bond donors (Lipinski definition) is 0. The van der Waals surface area contributed by atoms with Crippen LogP contribution in [0.25, 0.3) is 0 Å². The quantitative estimate of drug-likeness (QED) is 0.575. The zero-order valence-corrected chi connectivity index (χ0v) is 15.7. The van der Waals surface area contributed by atoms with E-state index in [1.165, 1.54) is 10.0 Å². The zero-order chi connectivity index (χ0) is 15.1. The second-order valence-electron chi connectivity index (χ2n) is 6.13. The monoisotopic (exact) mass is 358 g/mol. The molecule has 1 unspecified atom stereocenters. The van der Waals surface area contributed by atoms with Gasteiger partial charge in [-0.05, 0) is 0 Å². The second-order valence-corrected chi connectivity index (χ2v) is 13.6. The molecular formula is C19H22SeSi. The van der Waals surface area contributed by atoms with Gasteiger partial charge in [0.15, 0.2) is 0 Å². The fourth-order valence-electron chi connectivity index (χ4n) is 1.91. The third kappa shape index (κ3) is 6.36. The van der Waals surface area contributed by atoms with Gasteiger partial charge >= 0.3 is 136 Å². The van der Waals surface area contributed by atoms with Crippen LogP contribution >= 0.6 is 0 Å². The molecule has 0 aromatic heterocycles. The first-order valence-electron chi connectivity index (χ1n) is 7.31. The van der Waals surface area contributed by atoms with E-state index in [9.17, 15) is 0 Å². The van der Waals surface area contributed by atoms with Gasteiger partial charge in [0.1, 0.15) is 0 Å². The van der Waals surface area contributed by atoms with Crippen molar-refractivity contribution in [2.45, 2.75) is 30.9 Å². The van der Waals surface area contributed by atoms with E-state index in [1.54, 1.807) is 0 Å². The van der Waals surface area contributed by atoms with Crippen LogP contribution in [0, 0.1) is 11.5 Å². The molecule has 0 radical (unpaired) electrons. The molecule has 0 saturated heterocycles. The summed E-state index contributed by atoms with van der Waals surface area (Å²) in [6.45, 7) is 6.94. The van der Waals surface area contributed by atoms with Crippen molar-refractivity contribution in [3.05, 3.63) is 66.2 Å². The first-order chi connectivity index (χ1) is 10.0. The molecule has 0 aliphatic carbocycles. The topological polar surface area (TPSA) is 0 Å². The van der Waals surface area contributed by atoms with Crippen LogP contribution < -0.4 is 4.46 Å². The van der Waals surface area contributed by atoms with Gasteiger partial charge in [-0.3, -0.25) is 0 Å². The fraction of sp³-hybridized carbons (Fsp3) is 0.263. The van der Waals surface area contributed by atoms with Gasteiger partial charge in [0.25, 0.3) is 0 Å². The Morgan fingerprint density at radius 2 is 1.48 bits per heavy atom. The third-order valence-corrected chi connectivity index (χ3v) is 6.12. The third-order valence-electron chi connectivity index (χ3n) is 2.89. The van der Waals surface area contributed by atoms with Crippen LogP contribution in [-0.4, -0.2) is 23.0 Å². The van der Waals surface area contributed by atoms with Gasteiger partial charge in [-0.15, -0.1) is 0 Å². The van der Waals surface area contributed by atoms with Crippen molar-refractivity contribution in [3.63, 3.8) is 0 Å². The Morgan fingerprint density at radius 3 is 2.05 bits per heavy atom. The summed E-state index contributed by atoms with van der Waals surface area (Å²) in [5.41, 5.74) is 4.96. The molecule has 0 N–H and O–H groups in total. The van der Waals surface area contributed by atoms with Gasteiger partial charge in [0, 0.05) is 0 Å². The van der Waals surface area contributed by atoms with Crippen LogP contribution in [0.4, 0.5) is 0 Å². The molecule has 0 saturated carbocycles. The second kappa shape index (κ2) is 7.66. The van der Waals surface area contributed by atoms with Gasteiger partial charge in [-0.25, -0.2) is 0 Å². The van der Waals surface area contributed by atoms with E-state index in [4.69, 9.17) is 0 Å². The summed E-state index contributed by atoms with van der Waals surface area (Å²) in [4.78, 5) is 0.467. The van der Waals surface area contributed by atoms with Crippen LogP contribution in [-0.2, 0) is 6.42 Å². The Bertz CT molecular complexity index is 561. The van der Waals surface area contributed by atoms with Crippen molar-refractivity contribution in [3.8, 4) is 11.5 Å². The summed E-state index contributed by atoms with van der Waals surface area (Å²) < 4.78 is 1.44.